The Bertz CT molecular complexity index is 834. The average molecular weight is 366 g/mol. The summed E-state index contributed by atoms with van der Waals surface area (Å²) in [6, 6.07) is 7.57. The molecule has 4 rings (SSSR count). The molecule has 0 bridgehead atoms. The third-order valence-corrected chi connectivity index (χ3v) is 5.79. The molecule has 1 N–H and O–H groups in total. The van der Waals surface area contributed by atoms with Crippen LogP contribution in [0.15, 0.2) is 30.6 Å². The summed E-state index contributed by atoms with van der Waals surface area (Å²) in [7, 11) is 1.99. The Labute approximate surface area is 159 Å². The van der Waals surface area contributed by atoms with Gasteiger partial charge in [0.2, 0.25) is 5.91 Å². The van der Waals surface area contributed by atoms with Crippen LogP contribution in [0.3, 0.4) is 0 Å². The molecule has 27 heavy (non-hydrogen) atoms. The quantitative estimate of drug-likeness (QED) is 0.904. The minimum absolute atomic E-state index is 0.0350. The third kappa shape index (κ3) is 3.75. The van der Waals surface area contributed by atoms with Crippen LogP contribution in [0.2, 0.25) is 0 Å². The van der Waals surface area contributed by atoms with Crippen LogP contribution >= 0.6 is 0 Å². The molecular weight excluding hydrogens is 340 g/mol. The lowest BCUT2D eigenvalue weighted by atomic mass is 10.1. The molecule has 142 valence electrons. The van der Waals surface area contributed by atoms with Crippen LogP contribution < -0.4 is 5.32 Å². The number of fused-ring (bicyclic) bond motifs is 1. The van der Waals surface area contributed by atoms with Gasteiger partial charge in [0.1, 0.15) is 0 Å². The Morgan fingerprint density at radius 1 is 1.19 bits per heavy atom. The molecular formula is C21H26N4O2. The van der Waals surface area contributed by atoms with Crippen LogP contribution in [0.5, 0.6) is 0 Å². The highest BCUT2D eigenvalue weighted by Crippen LogP contribution is 2.24. The van der Waals surface area contributed by atoms with Crippen LogP contribution in [-0.2, 0) is 31.4 Å². The summed E-state index contributed by atoms with van der Waals surface area (Å²) in [5.74, 6) is 0.376. The molecule has 2 heterocycles. The SMILES string of the molecule is Cn1cnc2c1CCN(C(=O)c1ccc(CNC(=O)C3CCCC3)cc1)C2. The van der Waals surface area contributed by atoms with Gasteiger partial charge in [-0.1, -0.05) is 25.0 Å². The number of aromatic nitrogens is 2. The lowest BCUT2D eigenvalue weighted by molar-refractivity contribution is -0.124. The summed E-state index contributed by atoms with van der Waals surface area (Å²) in [6.07, 6.45) is 6.98. The second kappa shape index (κ2) is 7.55. The number of nitrogens with zero attached hydrogens (tertiary/aromatic N) is 3. The van der Waals surface area contributed by atoms with Gasteiger partial charge in [0.05, 0.1) is 18.6 Å². The molecule has 6 nitrogen and oxygen atoms in total. The van der Waals surface area contributed by atoms with Crippen molar-refractivity contribution in [1.29, 1.82) is 0 Å². The highest BCUT2D eigenvalue weighted by molar-refractivity contribution is 5.94. The van der Waals surface area contributed by atoms with Crippen LogP contribution in [0.1, 0.15) is 53.0 Å². The molecule has 0 radical (unpaired) electrons. The molecule has 1 aliphatic carbocycles. The number of nitrogens with one attached hydrogen (secondary N) is 1. The van der Waals surface area contributed by atoms with Crippen LogP contribution in [0.4, 0.5) is 0 Å². The Kier molecular flexibility index (Phi) is 4.97. The highest BCUT2D eigenvalue weighted by Gasteiger charge is 2.25. The first-order valence-corrected chi connectivity index (χ1v) is 9.77. The second-order valence-electron chi connectivity index (χ2n) is 7.62. The van der Waals surface area contributed by atoms with Gasteiger partial charge in [-0.25, -0.2) is 4.98 Å². The molecule has 0 unspecified atom stereocenters. The first kappa shape index (κ1) is 17.8. The van der Waals surface area contributed by atoms with Crippen molar-refractivity contribution in [2.24, 2.45) is 13.0 Å². The minimum Gasteiger partial charge on any atom is -0.352 e. The zero-order valence-electron chi connectivity index (χ0n) is 15.8. The van der Waals surface area contributed by atoms with E-state index in [0.29, 0.717) is 25.2 Å². The van der Waals surface area contributed by atoms with E-state index in [1.165, 1.54) is 5.69 Å². The summed E-state index contributed by atoms with van der Waals surface area (Å²) in [4.78, 5) is 31.2. The van der Waals surface area contributed by atoms with Crippen molar-refractivity contribution in [3.8, 4) is 0 Å². The van der Waals surface area contributed by atoms with E-state index in [1.54, 1.807) is 0 Å². The Morgan fingerprint density at radius 2 is 1.93 bits per heavy atom. The van der Waals surface area contributed by atoms with Gasteiger partial charge < -0.3 is 14.8 Å². The summed E-state index contributed by atoms with van der Waals surface area (Å²) < 4.78 is 2.03. The molecule has 1 aromatic carbocycles. The molecule has 6 heteroatoms. The first-order valence-electron chi connectivity index (χ1n) is 9.77. The molecule has 2 amide bonds. The monoisotopic (exact) mass is 366 g/mol. The fraction of sp³-hybridized carbons (Fsp3) is 0.476. The van der Waals surface area contributed by atoms with Gasteiger partial charge in [0.25, 0.3) is 5.91 Å². The van der Waals surface area contributed by atoms with E-state index in [0.717, 1.165) is 43.4 Å². The largest absolute Gasteiger partial charge is 0.352 e. The van der Waals surface area contributed by atoms with Crippen molar-refractivity contribution in [1.82, 2.24) is 19.8 Å². The van der Waals surface area contributed by atoms with E-state index < -0.39 is 0 Å². The summed E-state index contributed by atoms with van der Waals surface area (Å²) in [5.41, 5.74) is 3.90. The number of carbonyl (C=O) groups is 2. The fourth-order valence-corrected chi connectivity index (χ4v) is 4.10. The Balaban J connectivity index is 1.34. The van der Waals surface area contributed by atoms with Gasteiger partial charge in [-0.2, -0.15) is 0 Å². The maximum absolute atomic E-state index is 12.8. The summed E-state index contributed by atoms with van der Waals surface area (Å²) in [5, 5.41) is 3.02. The van der Waals surface area contributed by atoms with Crippen molar-refractivity contribution in [2.75, 3.05) is 6.54 Å². The van der Waals surface area contributed by atoms with Gasteiger partial charge in [-0.05, 0) is 30.5 Å². The maximum Gasteiger partial charge on any atom is 0.254 e. The normalized spacial score (nSPS) is 17.0. The van der Waals surface area contributed by atoms with Crippen LogP contribution in [0, 0.1) is 5.92 Å². The van der Waals surface area contributed by atoms with Crippen molar-refractivity contribution in [3.05, 3.63) is 53.1 Å². The molecule has 0 atom stereocenters. The van der Waals surface area contributed by atoms with Crippen LogP contribution in [0.25, 0.3) is 0 Å². The van der Waals surface area contributed by atoms with Gasteiger partial charge >= 0.3 is 0 Å². The van der Waals surface area contributed by atoms with Crippen molar-refractivity contribution in [3.63, 3.8) is 0 Å². The molecule has 1 fully saturated rings. The van der Waals surface area contributed by atoms with Crippen molar-refractivity contribution < 1.29 is 9.59 Å². The van der Waals surface area contributed by atoms with Crippen LogP contribution in [-0.4, -0.2) is 32.8 Å². The van der Waals surface area contributed by atoms with Gasteiger partial charge in [0.15, 0.2) is 0 Å². The fourth-order valence-electron chi connectivity index (χ4n) is 4.10. The molecule has 0 spiro atoms. The molecule has 2 aliphatic rings. The Morgan fingerprint density at radius 3 is 2.67 bits per heavy atom. The zero-order valence-corrected chi connectivity index (χ0v) is 15.8. The lowest BCUT2D eigenvalue weighted by Gasteiger charge is -2.27. The molecule has 0 saturated heterocycles. The lowest BCUT2D eigenvalue weighted by Crippen LogP contribution is -2.36. The van der Waals surface area contributed by atoms with Gasteiger partial charge in [0, 0.05) is 43.7 Å². The zero-order chi connectivity index (χ0) is 18.8. The number of hydrogen-bond acceptors (Lipinski definition) is 3. The number of aryl methyl sites for hydroxylation is 1. The molecule has 1 aromatic heterocycles. The summed E-state index contributed by atoms with van der Waals surface area (Å²) in [6.45, 7) is 1.80. The Hall–Kier alpha value is -2.63. The predicted molar refractivity (Wildman–Crippen MR) is 102 cm³/mol. The minimum atomic E-state index is 0.0350. The molecule has 2 aromatic rings. The van der Waals surface area contributed by atoms with Crippen molar-refractivity contribution >= 4 is 11.8 Å². The topological polar surface area (TPSA) is 67.2 Å². The number of hydrogen-bond donors (Lipinski definition) is 1. The number of imidazole rings is 1. The number of rotatable bonds is 4. The standard InChI is InChI=1S/C21H26N4O2/c1-24-14-23-18-13-25(11-10-19(18)24)21(27)17-8-6-15(7-9-17)12-22-20(26)16-4-2-3-5-16/h6-9,14,16H,2-5,10-13H2,1H3,(H,22,26). The van der Waals surface area contributed by atoms with E-state index in [9.17, 15) is 9.59 Å². The predicted octanol–water partition coefficient (Wildman–Crippen LogP) is 2.43. The summed E-state index contributed by atoms with van der Waals surface area (Å²) >= 11 is 0. The number of benzene rings is 1. The third-order valence-electron chi connectivity index (χ3n) is 5.79. The van der Waals surface area contributed by atoms with Gasteiger partial charge in [-0.15, -0.1) is 0 Å². The van der Waals surface area contributed by atoms with E-state index in [-0.39, 0.29) is 17.7 Å². The molecule has 1 saturated carbocycles. The smallest absolute Gasteiger partial charge is 0.254 e. The van der Waals surface area contributed by atoms with E-state index in [4.69, 9.17) is 0 Å². The van der Waals surface area contributed by atoms with Gasteiger partial charge in [-0.3, -0.25) is 9.59 Å². The maximum atomic E-state index is 12.8. The number of carbonyl (C=O) groups excluding carboxylic acids is 2. The van der Waals surface area contributed by atoms with E-state index in [1.807, 2.05) is 47.1 Å². The highest BCUT2D eigenvalue weighted by atomic mass is 16.2. The second-order valence-corrected chi connectivity index (χ2v) is 7.62. The van der Waals surface area contributed by atoms with Crippen molar-refractivity contribution in [2.45, 2.75) is 45.2 Å². The number of amides is 2. The van der Waals surface area contributed by atoms with E-state index in [2.05, 4.69) is 10.3 Å². The van der Waals surface area contributed by atoms with E-state index >= 15 is 0 Å². The first-order chi connectivity index (χ1) is 13.1. The molecule has 1 aliphatic heterocycles. The average Bonchev–Trinajstić information content (AvgIpc) is 3.36.